The van der Waals surface area contributed by atoms with E-state index in [1.165, 1.54) is 4.90 Å². The molecule has 114 valence electrons. The number of carbonyl (C=O) groups is 1. The molecular weight excluding hydrogens is 312 g/mol. The van der Waals surface area contributed by atoms with E-state index in [9.17, 15) is 4.79 Å². The van der Waals surface area contributed by atoms with Crippen molar-refractivity contribution in [3.63, 3.8) is 0 Å². The number of benzene rings is 1. The van der Waals surface area contributed by atoms with Gasteiger partial charge in [0.05, 0.1) is 16.4 Å². The van der Waals surface area contributed by atoms with E-state index in [0.717, 1.165) is 29.4 Å². The van der Waals surface area contributed by atoms with Gasteiger partial charge in [0.2, 0.25) is 0 Å². The number of nitrogens with zero attached hydrogens (tertiary/aromatic N) is 2. The van der Waals surface area contributed by atoms with Gasteiger partial charge in [-0.15, -0.1) is 23.1 Å². The average Bonchev–Trinajstić information content (AvgIpc) is 2.84. The second-order valence-electron chi connectivity index (χ2n) is 5.30. The fourth-order valence-electron chi connectivity index (χ4n) is 2.42. The molecule has 22 heavy (non-hydrogen) atoms. The molecular formula is C17H18N2OS2. The van der Waals surface area contributed by atoms with Gasteiger partial charge in [-0.1, -0.05) is 19.1 Å². The molecule has 1 unspecified atom stereocenters. The quantitative estimate of drug-likeness (QED) is 0.766. The Bertz CT molecular complexity index is 708. The molecule has 0 N–H and O–H groups in total. The first kappa shape index (κ1) is 15.3. The summed E-state index contributed by atoms with van der Waals surface area (Å²) in [4.78, 5) is 20.0. The molecule has 5 heteroatoms. The van der Waals surface area contributed by atoms with Gasteiger partial charge in [-0.2, -0.15) is 0 Å². The molecule has 0 radical (unpaired) electrons. The van der Waals surface area contributed by atoms with Crippen LogP contribution in [-0.2, 0) is 4.79 Å². The number of rotatable bonds is 2. The fourth-order valence-corrected chi connectivity index (χ4v) is 4.11. The van der Waals surface area contributed by atoms with Gasteiger partial charge in [0.15, 0.2) is 0 Å². The Balaban J connectivity index is 1.84. The van der Waals surface area contributed by atoms with Crippen molar-refractivity contribution in [3.8, 4) is 0 Å². The van der Waals surface area contributed by atoms with Crippen LogP contribution in [0.4, 0.5) is 5.69 Å². The third kappa shape index (κ3) is 3.42. The maximum Gasteiger partial charge on any atom is 0.251 e. The number of aryl methyl sites for hydroxylation is 1. The highest BCUT2D eigenvalue weighted by Crippen LogP contribution is 2.37. The molecule has 0 aliphatic carbocycles. The number of amides is 1. The third-order valence-corrected chi connectivity index (χ3v) is 5.57. The summed E-state index contributed by atoms with van der Waals surface area (Å²) in [6.45, 7) is 4.93. The Morgan fingerprint density at radius 2 is 2.23 bits per heavy atom. The van der Waals surface area contributed by atoms with Gasteiger partial charge >= 0.3 is 0 Å². The molecule has 1 atom stereocenters. The first-order chi connectivity index (χ1) is 10.6. The largest absolute Gasteiger partial charge is 0.308 e. The number of thioether (sulfide) groups is 1. The van der Waals surface area contributed by atoms with Crippen LogP contribution in [0.3, 0.4) is 0 Å². The molecule has 1 amide bonds. The summed E-state index contributed by atoms with van der Waals surface area (Å²) in [7, 11) is 0. The third-order valence-electron chi connectivity index (χ3n) is 3.54. The van der Waals surface area contributed by atoms with Crippen molar-refractivity contribution in [2.45, 2.75) is 30.4 Å². The van der Waals surface area contributed by atoms with Crippen molar-refractivity contribution in [2.24, 2.45) is 0 Å². The Morgan fingerprint density at radius 3 is 3.00 bits per heavy atom. The van der Waals surface area contributed by atoms with Crippen LogP contribution in [0.2, 0.25) is 0 Å². The highest BCUT2D eigenvalue weighted by Gasteiger charge is 2.22. The molecule has 1 aromatic carbocycles. The number of fused-ring (bicyclic) bond motifs is 1. The lowest BCUT2D eigenvalue weighted by Gasteiger charge is -2.20. The van der Waals surface area contributed by atoms with E-state index in [1.54, 1.807) is 23.5 Å². The molecule has 2 aromatic rings. The fraction of sp³-hybridized carbons (Fsp3) is 0.294. The standard InChI is InChI=1S/C17H18N2OS2/c1-12-9-10-19(15-5-3-4-6-16(15)22-12)17(20)8-7-14-11-21-13(2)18-14/h3-8,11-12H,9-10H2,1-2H3. The van der Waals surface area contributed by atoms with E-state index in [1.807, 2.05) is 47.2 Å². The number of hydrogen-bond acceptors (Lipinski definition) is 4. The molecule has 3 rings (SSSR count). The second kappa shape index (κ2) is 6.67. The maximum atomic E-state index is 12.6. The van der Waals surface area contributed by atoms with E-state index < -0.39 is 0 Å². The van der Waals surface area contributed by atoms with Crippen molar-refractivity contribution in [2.75, 3.05) is 11.4 Å². The van der Waals surface area contributed by atoms with Crippen LogP contribution in [0.15, 0.2) is 40.6 Å². The lowest BCUT2D eigenvalue weighted by molar-refractivity contribution is -0.114. The normalized spacial score (nSPS) is 18.3. The smallest absolute Gasteiger partial charge is 0.251 e. The van der Waals surface area contributed by atoms with Crippen LogP contribution in [0.1, 0.15) is 24.0 Å². The van der Waals surface area contributed by atoms with Gasteiger partial charge in [-0.3, -0.25) is 4.79 Å². The first-order valence-electron chi connectivity index (χ1n) is 7.31. The highest BCUT2D eigenvalue weighted by molar-refractivity contribution is 8.00. The van der Waals surface area contributed by atoms with Crippen LogP contribution in [0.5, 0.6) is 0 Å². The lowest BCUT2D eigenvalue weighted by atomic mass is 10.2. The van der Waals surface area contributed by atoms with Crippen LogP contribution in [-0.4, -0.2) is 22.7 Å². The Labute approximate surface area is 139 Å². The molecule has 1 aliphatic heterocycles. The molecule has 2 heterocycles. The summed E-state index contributed by atoms with van der Waals surface area (Å²) in [6.07, 6.45) is 4.43. The van der Waals surface area contributed by atoms with Crippen molar-refractivity contribution in [1.29, 1.82) is 0 Å². The summed E-state index contributed by atoms with van der Waals surface area (Å²) >= 11 is 3.44. The van der Waals surface area contributed by atoms with Gasteiger partial charge in [0.1, 0.15) is 0 Å². The number of hydrogen-bond donors (Lipinski definition) is 0. The zero-order valence-electron chi connectivity index (χ0n) is 12.7. The summed E-state index contributed by atoms with van der Waals surface area (Å²) in [5.41, 5.74) is 1.86. The Kier molecular flexibility index (Phi) is 4.64. The van der Waals surface area contributed by atoms with Crippen molar-refractivity contribution >= 4 is 40.8 Å². The number of anilines is 1. The van der Waals surface area contributed by atoms with Crippen LogP contribution in [0.25, 0.3) is 6.08 Å². The van der Waals surface area contributed by atoms with E-state index in [-0.39, 0.29) is 5.91 Å². The zero-order chi connectivity index (χ0) is 15.5. The minimum Gasteiger partial charge on any atom is -0.308 e. The summed E-state index contributed by atoms with van der Waals surface area (Å²) in [5.74, 6) is 0.0211. The molecule has 0 saturated carbocycles. The molecule has 1 aromatic heterocycles. The van der Waals surface area contributed by atoms with Crippen molar-refractivity contribution in [1.82, 2.24) is 4.98 Å². The minimum absolute atomic E-state index is 0.0211. The molecule has 0 saturated heterocycles. The first-order valence-corrected chi connectivity index (χ1v) is 9.07. The topological polar surface area (TPSA) is 33.2 Å². The van der Waals surface area contributed by atoms with Crippen molar-refractivity contribution < 1.29 is 4.79 Å². The van der Waals surface area contributed by atoms with E-state index in [4.69, 9.17) is 0 Å². The number of carbonyl (C=O) groups excluding carboxylic acids is 1. The summed E-state index contributed by atoms with van der Waals surface area (Å²) < 4.78 is 0. The molecule has 1 aliphatic rings. The SMILES string of the molecule is Cc1nc(C=CC(=O)N2CCC(C)Sc3ccccc32)cs1. The minimum atomic E-state index is 0.0211. The van der Waals surface area contributed by atoms with Gasteiger partial charge in [-0.25, -0.2) is 4.98 Å². The number of para-hydroxylation sites is 1. The highest BCUT2D eigenvalue weighted by atomic mass is 32.2. The number of aromatic nitrogens is 1. The van der Waals surface area contributed by atoms with Crippen LogP contribution < -0.4 is 4.90 Å². The molecule has 0 spiro atoms. The van der Waals surface area contributed by atoms with Crippen molar-refractivity contribution in [3.05, 3.63) is 46.4 Å². The predicted octanol–water partition coefficient (Wildman–Crippen LogP) is 4.38. The van der Waals surface area contributed by atoms with Gasteiger partial charge in [0, 0.05) is 28.1 Å². The second-order valence-corrected chi connectivity index (χ2v) is 7.84. The van der Waals surface area contributed by atoms with Gasteiger partial charge in [-0.05, 0) is 31.6 Å². The van der Waals surface area contributed by atoms with E-state index in [2.05, 4.69) is 18.0 Å². The molecule has 3 nitrogen and oxygen atoms in total. The van der Waals surface area contributed by atoms with Gasteiger partial charge < -0.3 is 4.90 Å². The monoisotopic (exact) mass is 330 g/mol. The Hall–Kier alpha value is -1.59. The van der Waals surface area contributed by atoms with Crippen LogP contribution >= 0.6 is 23.1 Å². The maximum absolute atomic E-state index is 12.6. The molecule has 0 fully saturated rings. The lowest BCUT2D eigenvalue weighted by Crippen LogP contribution is -2.30. The Morgan fingerprint density at radius 1 is 1.41 bits per heavy atom. The molecule has 0 bridgehead atoms. The number of thiazole rings is 1. The zero-order valence-corrected chi connectivity index (χ0v) is 14.3. The van der Waals surface area contributed by atoms with Gasteiger partial charge in [0.25, 0.3) is 5.91 Å². The predicted molar refractivity (Wildman–Crippen MR) is 94.6 cm³/mol. The van der Waals surface area contributed by atoms with Crippen LogP contribution in [0, 0.1) is 6.92 Å². The average molecular weight is 330 g/mol. The van der Waals surface area contributed by atoms with E-state index in [0.29, 0.717) is 5.25 Å². The summed E-state index contributed by atoms with van der Waals surface area (Å²) in [5, 5.41) is 3.49. The summed E-state index contributed by atoms with van der Waals surface area (Å²) in [6, 6.07) is 8.14. The van der Waals surface area contributed by atoms with E-state index >= 15 is 0 Å².